The van der Waals surface area contributed by atoms with Crippen LogP contribution in [0.5, 0.6) is 0 Å². The second-order valence-corrected chi connectivity index (χ2v) is 7.33. The maximum absolute atomic E-state index is 12.5. The van der Waals surface area contributed by atoms with Gasteiger partial charge in [0.2, 0.25) is 5.82 Å². The maximum atomic E-state index is 12.5. The Morgan fingerprint density at radius 2 is 1.85 bits per heavy atom. The Kier molecular flexibility index (Phi) is 4.19. The van der Waals surface area contributed by atoms with Crippen molar-refractivity contribution in [3.63, 3.8) is 0 Å². The molecule has 8 heteroatoms. The van der Waals surface area contributed by atoms with Gasteiger partial charge in [0.15, 0.2) is 5.13 Å². The van der Waals surface area contributed by atoms with Crippen LogP contribution in [0.1, 0.15) is 33.0 Å². The minimum Gasteiger partial charge on any atom is -0.295 e. The Morgan fingerprint density at radius 3 is 2.63 bits per heavy atom. The molecule has 1 N–H and O–H groups in total. The maximum Gasteiger partial charge on any atom is 0.297 e. The number of carbonyl (C=O) groups excluding carboxylic acids is 1. The molecule has 7 nitrogen and oxygen atoms in total. The molecule has 1 amide bonds. The number of nitrogens with zero attached hydrogens (tertiary/aromatic N) is 5. The molecule has 0 aliphatic rings. The third-order valence-corrected chi connectivity index (χ3v) is 5.23. The molecule has 136 valence electrons. The lowest BCUT2D eigenvalue weighted by Crippen LogP contribution is -2.13. The summed E-state index contributed by atoms with van der Waals surface area (Å²) in [5.74, 6) is 0.0549. The third-order valence-electron chi connectivity index (χ3n) is 4.47. The number of amides is 1. The largest absolute Gasteiger partial charge is 0.297 e. The highest BCUT2D eigenvalue weighted by atomic mass is 32.1. The van der Waals surface area contributed by atoms with Crippen molar-refractivity contribution in [3.8, 4) is 11.3 Å². The number of anilines is 1. The molecule has 4 aromatic rings. The van der Waals surface area contributed by atoms with Crippen LogP contribution in [0.3, 0.4) is 0 Å². The lowest BCUT2D eigenvalue weighted by molar-refractivity contribution is 0.101. The third kappa shape index (κ3) is 3.19. The van der Waals surface area contributed by atoms with Crippen molar-refractivity contribution in [2.75, 3.05) is 5.32 Å². The van der Waals surface area contributed by atoms with Crippen LogP contribution in [0.15, 0.2) is 29.8 Å². The van der Waals surface area contributed by atoms with Gasteiger partial charge in [-0.15, -0.1) is 16.4 Å². The van der Waals surface area contributed by atoms with E-state index in [0.717, 1.165) is 22.5 Å². The van der Waals surface area contributed by atoms with E-state index in [1.807, 2.05) is 18.4 Å². The van der Waals surface area contributed by atoms with E-state index in [2.05, 4.69) is 58.3 Å². The van der Waals surface area contributed by atoms with Gasteiger partial charge in [-0.25, -0.2) is 14.5 Å². The predicted octanol–water partition coefficient (Wildman–Crippen LogP) is 3.73. The number of nitrogens with one attached hydrogen (secondary N) is 1. The first-order chi connectivity index (χ1) is 12.9. The molecule has 27 heavy (non-hydrogen) atoms. The fourth-order valence-corrected chi connectivity index (χ4v) is 3.55. The van der Waals surface area contributed by atoms with E-state index < -0.39 is 5.91 Å². The van der Waals surface area contributed by atoms with Crippen molar-refractivity contribution in [3.05, 3.63) is 58.0 Å². The minimum absolute atomic E-state index is 0.0657. The molecule has 0 saturated carbocycles. The molecule has 4 rings (SSSR count). The monoisotopic (exact) mass is 378 g/mol. The highest BCUT2D eigenvalue weighted by Gasteiger charge is 2.17. The highest BCUT2D eigenvalue weighted by Crippen LogP contribution is 2.29. The zero-order chi connectivity index (χ0) is 19.1. The van der Waals surface area contributed by atoms with Crippen LogP contribution in [0, 0.1) is 27.7 Å². The fourth-order valence-electron chi connectivity index (χ4n) is 2.85. The van der Waals surface area contributed by atoms with Crippen LogP contribution in [-0.4, -0.2) is 30.5 Å². The number of aromatic nitrogens is 5. The van der Waals surface area contributed by atoms with E-state index >= 15 is 0 Å². The first-order valence-electron chi connectivity index (χ1n) is 8.46. The fraction of sp³-hybridized carbons (Fsp3) is 0.211. The summed E-state index contributed by atoms with van der Waals surface area (Å²) < 4.78 is 1.54. The molecule has 0 aliphatic carbocycles. The quantitative estimate of drug-likeness (QED) is 0.587. The molecule has 0 saturated heterocycles. The van der Waals surface area contributed by atoms with Crippen molar-refractivity contribution >= 4 is 28.2 Å². The number of aryl methyl sites for hydroxylation is 4. The first kappa shape index (κ1) is 17.3. The summed E-state index contributed by atoms with van der Waals surface area (Å²) in [6, 6.07) is 6.09. The topological polar surface area (TPSA) is 85.1 Å². The number of thiazole rings is 1. The Morgan fingerprint density at radius 1 is 1.07 bits per heavy atom. The molecule has 0 aliphatic heterocycles. The minimum atomic E-state index is -0.405. The van der Waals surface area contributed by atoms with E-state index in [4.69, 9.17) is 0 Å². The summed E-state index contributed by atoms with van der Waals surface area (Å²) in [5.41, 5.74) is 6.39. The SMILES string of the molecule is Cc1cc(C)c(-c2csc(NC(=O)c3nc4nccc(C)n4n3)n2)cc1C. The van der Waals surface area contributed by atoms with E-state index in [9.17, 15) is 4.79 Å². The van der Waals surface area contributed by atoms with Crippen LogP contribution in [0.4, 0.5) is 5.13 Å². The van der Waals surface area contributed by atoms with Crippen molar-refractivity contribution in [1.29, 1.82) is 0 Å². The number of benzene rings is 1. The van der Waals surface area contributed by atoms with Crippen LogP contribution in [0.2, 0.25) is 0 Å². The summed E-state index contributed by atoms with van der Waals surface area (Å²) in [6.07, 6.45) is 1.64. The van der Waals surface area contributed by atoms with Gasteiger partial charge in [0, 0.05) is 22.8 Å². The summed E-state index contributed by atoms with van der Waals surface area (Å²) >= 11 is 1.38. The normalized spacial score (nSPS) is 11.1. The second-order valence-electron chi connectivity index (χ2n) is 6.48. The van der Waals surface area contributed by atoms with Crippen LogP contribution >= 0.6 is 11.3 Å². The molecule has 3 aromatic heterocycles. The smallest absolute Gasteiger partial charge is 0.295 e. The standard InChI is InChI=1S/C19H18N6OS/c1-10-7-12(3)14(8-11(10)2)15-9-27-19(21-15)23-17(26)16-22-18-20-6-5-13(4)25(18)24-16/h5-9H,1-4H3,(H,21,23,26). The first-order valence-corrected chi connectivity index (χ1v) is 9.34. The van der Waals surface area contributed by atoms with Crippen LogP contribution in [0.25, 0.3) is 17.0 Å². The predicted molar refractivity (Wildman–Crippen MR) is 105 cm³/mol. The Labute approximate surface area is 160 Å². The number of hydrogen-bond donors (Lipinski definition) is 1. The van der Waals surface area contributed by atoms with Gasteiger partial charge in [-0.2, -0.15) is 4.98 Å². The zero-order valence-corrected chi connectivity index (χ0v) is 16.3. The van der Waals surface area contributed by atoms with Crippen molar-refractivity contribution in [2.45, 2.75) is 27.7 Å². The molecule has 1 aromatic carbocycles. The molecule has 0 bridgehead atoms. The van der Waals surface area contributed by atoms with Crippen molar-refractivity contribution in [1.82, 2.24) is 24.6 Å². The molecule has 0 atom stereocenters. The Bertz CT molecular complexity index is 1180. The molecule has 0 radical (unpaired) electrons. The number of carbonyl (C=O) groups is 1. The average molecular weight is 378 g/mol. The molecule has 0 unspecified atom stereocenters. The number of hydrogen-bond acceptors (Lipinski definition) is 6. The van der Waals surface area contributed by atoms with Gasteiger partial charge in [-0.3, -0.25) is 10.1 Å². The Balaban J connectivity index is 1.59. The van der Waals surface area contributed by atoms with Gasteiger partial charge in [0.25, 0.3) is 11.7 Å². The van der Waals surface area contributed by atoms with E-state index in [1.165, 1.54) is 22.5 Å². The highest BCUT2D eigenvalue weighted by molar-refractivity contribution is 7.14. The van der Waals surface area contributed by atoms with E-state index in [1.54, 1.807) is 10.7 Å². The number of fused-ring (bicyclic) bond motifs is 1. The van der Waals surface area contributed by atoms with E-state index in [-0.39, 0.29) is 5.82 Å². The lowest BCUT2D eigenvalue weighted by atomic mass is 9.99. The zero-order valence-electron chi connectivity index (χ0n) is 15.4. The van der Waals surface area contributed by atoms with Gasteiger partial charge in [-0.1, -0.05) is 6.07 Å². The van der Waals surface area contributed by atoms with Gasteiger partial charge in [-0.05, 0) is 56.5 Å². The van der Waals surface area contributed by atoms with Crippen molar-refractivity contribution in [2.24, 2.45) is 0 Å². The molecular weight excluding hydrogens is 360 g/mol. The van der Waals surface area contributed by atoms with Crippen molar-refractivity contribution < 1.29 is 4.79 Å². The van der Waals surface area contributed by atoms with Gasteiger partial charge >= 0.3 is 0 Å². The summed E-state index contributed by atoms with van der Waals surface area (Å²) in [5, 5.41) is 9.44. The van der Waals surface area contributed by atoms with Crippen LogP contribution in [-0.2, 0) is 0 Å². The summed E-state index contributed by atoms with van der Waals surface area (Å²) in [7, 11) is 0. The van der Waals surface area contributed by atoms with Gasteiger partial charge in [0.1, 0.15) is 0 Å². The second kappa shape index (κ2) is 6.55. The molecule has 0 spiro atoms. The average Bonchev–Trinajstić information content (AvgIpc) is 3.26. The number of rotatable bonds is 3. The Hall–Kier alpha value is -3.13. The van der Waals surface area contributed by atoms with Gasteiger partial charge in [0.05, 0.1) is 5.69 Å². The molecular formula is C19H18N6OS. The van der Waals surface area contributed by atoms with Gasteiger partial charge < -0.3 is 0 Å². The summed E-state index contributed by atoms with van der Waals surface area (Å²) in [6.45, 7) is 8.12. The molecule has 0 fully saturated rings. The van der Waals surface area contributed by atoms with E-state index in [0.29, 0.717) is 10.9 Å². The lowest BCUT2D eigenvalue weighted by Gasteiger charge is -2.07. The molecule has 3 heterocycles. The van der Waals surface area contributed by atoms with Crippen LogP contribution < -0.4 is 5.32 Å². The summed E-state index contributed by atoms with van der Waals surface area (Å²) in [4.78, 5) is 25.3.